The molecule has 2 aliphatic rings. The molecule has 4 heterocycles. The van der Waals surface area contributed by atoms with Crippen LogP contribution in [0, 0.1) is 6.92 Å². The minimum Gasteiger partial charge on any atom is -0.311 e. The third kappa shape index (κ3) is 4.75. The van der Waals surface area contributed by atoms with E-state index in [4.69, 9.17) is 4.98 Å². The Bertz CT molecular complexity index is 3100. The lowest BCUT2D eigenvalue weighted by Crippen LogP contribution is -2.60. The standard InChI is InChI=1S/C52H44BN3/c1-31-24-46-49-47(25-31)56-45-29-34(43-14-10-11-23-54-43)15-21-39(45)48-40-27-33-13-9-8-12-32(33)26-35(40)28-42(50(48)56)53(49)41-30-37(52(5,6)7)18-22-44(41)55(46)38-19-16-36(17-20-38)51(2,3)4/h8-30H,1-7H3. The monoisotopic (exact) mass is 721 g/mol. The van der Waals surface area contributed by atoms with Gasteiger partial charge in [0.1, 0.15) is 0 Å². The average Bonchev–Trinajstić information content (AvgIpc) is 3.53. The summed E-state index contributed by atoms with van der Waals surface area (Å²) in [4.78, 5) is 7.33. The van der Waals surface area contributed by atoms with Crippen LogP contribution in [0.2, 0.25) is 0 Å². The van der Waals surface area contributed by atoms with E-state index in [2.05, 4.69) is 185 Å². The van der Waals surface area contributed by atoms with E-state index < -0.39 is 0 Å². The molecule has 0 radical (unpaired) electrons. The highest BCUT2D eigenvalue weighted by Crippen LogP contribution is 2.45. The molecule has 2 aliphatic heterocycles. The van der Waals surface area contributed by atoms with Crippen LogP contribution in [0.15, 0.2) is 140 Å². The van der Waals surface area contributed by atoms with Gasteiger partial charge in [-0.25, -0.2) is 0 Å². The van der Waals surface area contributed by atoms with Crippen LogP contribution < -0.4 is 21.3 Å². The highest BCUT2D eigenvalue weighted by molar-refractivity contribution is 7.00. The zero-order chi connectivity index (χ0) is 38.2. The molecule has 0 saturated carbocycles. The van der Waals surface area contributed by atoms with E-state index in [1.54, 1.807) is 0 Å². The first-order valence-corrected chi connectivity index (χ1v) is 20.0. The van der Waals surface area contributed by atoms with Crippen LogP contribution in [-0.2, 0) is 10.8 Å². The van der Waals surface area contributed by atoms with Crippen molar-refractivity contribution in [2.75, 3.05) is 4.90 Å². The van der Waals surface area contributed by atoms with Crippen molar-refractivity contribution in [2.45, 2.75) is 59.3 Å². The molecule has 7 aromatic carbocycles. The summed E-state index contributed by atoms with van der Waals surface area (Å²) in [5.41, 5.74) is 17.7. The summed E-state index contributed by atoms with van der Waals surface area (Å²) >= 11 is 0. The third-order valence-corrected chi connectivity index (χ3v) is 12.5. The lowest BCUT2D eigenvalue weighted by molar-refractivity contribution is 0.590. The average molecular weight is 722 g/mol. The Kier molecular flexibility index (Phi) is 6.80. The first kappa shape index (κ1) is 33.2. The van der Waals surface area contributed by atoms with Gasteiger partial charge in [0.2, 0.25) is 0 Å². The first-order valence-electron chi connectivity index (χ1n) is 20.0. The number of nitrogens with zero attached hydrogens (tertiary/aromatic N) is 3. The molecule has 0 atom stereocenters. The van der Waals surface area contributed by atoms with Crippen molar-refractivity contribution in [3.63, 3.8) is 0 Å². The van der Waals surface area contributed by atoms with Crippen molar-refractivity contribution in [1.29, 1.82) is 0 Å². The summed E-state index contributed by atoms with van der Waals surface area (Å²) in [7, 11) is 0. The molecule has 2 aromatic heterocycles. The quantitative estimate of drug-likeness (QED) is 0.131. The fourth-order valence-electron chi connectivity index (χ4n) is 9.71. The predicted molar refractivity (Wildman–Crippen MR) is 240 cm³/mol. The second kappa shape index (κ2) is 11.5. The maximum atomic E-state index is 4.79. The number of benzene rings is 7. The predicted octanol–water partition coefficient (Wildman–Crippen LogP) is 11.7. The van der Waals surface area contributed by atoms with Gasteiger partial charge in [0.15, 0.2) is 0 Å². The van der Waals surface area contributed by atoms with E-state index in [0.717, 1.165) is 11.3 Å². The molecule has 56 heavy (non-hydrogen) atoms. The van der Waals surface area contributed by atoms with E-state index >= 15 is 0 Å². The van der Waals surface area contributed by atoms with Crippen molar-refractivity contribution >= 4 is 83.5 Å². The zero-order valence-electron chi connectivity index (χ0n) is 33.2. The second-order valence-electron chi connectivity index (χ2n) is 18.2. The number of fused-ring (bicyclic) bond motifs is 10. The summed E-state index contributed by atoms with van der Waals surface area (Å²) in [6.07, 6.45) is 1.89. The van der Waals surface area contributed by atoms with Gasteiger partial charge in [0, 0.05) is 45.3 Å². The minimum absolute atomic E-state index is 0.00629. The topological polar surface area (TPSA) is 21.1 Å². The number of aromatic nitrogens is 2. The lowest BCUT2D eigenvalue weighted by atomic mass is 9.33. The molecular formula is C52H44BN3. The Labute approximate surface area is 329 Å². The largest absolute Gasteiger partial charge is 0.311 e. The summed E-state index contributed by atoms with van der Waals surface area (Å²) < 4.78 is 2.60. The van der Waals surface area contributed by atoms with E-state index in [9.17, 15) is 0 Å². The molecule has 0 N–H and O–H groups in total. The molecule has 9 aromatic rings. The highest BCUT2D eigenvalue weighted by Gasteiger charge is 2.43. The number of hydrogen-bond acceptors (Lipinski definition) is 2. The van der Waals surface area contributed by atoms with Gasteiger partial charge >= 0.3 is 0 Å². The Morgan fingerprint density at radius 3 is 2.00 bits per heavy atom. The molecule has 3 nitrogen and oxygen atoms in total. The van der Waals surface area contributed by atoms with Crippen molar-refractivity contribution < 1.29 is 0 Å². The second-order valence-corrected chi connectivity index (χ2v) is 18.2. The number of anilines is 3. The Morgan fingerprint density at radius 1 is 0.554 bits per heavy atom. The van der Waals surface area contributed by atoms with Crippen LogP contribution in [0.4, 0.5) is 17.1 Å². The SMILES string of the molecule is Cc1cc2c3c(c1)-n1c4cc(-c5ccccn5)ccc4c4c5cc6ccccc6cc5cc(c41)B3c1cc(C(C)(C)C)ccc1N2c1ccc(C(C)(C)C)cc1. The first-order chi connectivity index (χ1) is 26.9. The maximum absolute atomic E-state index is 4.79. The van der Waals surface area contributed by atoms with Crippen LogP contribution in [-0.4, -0.2) is 16.3 Å². The van der Waals surface area contributed by atoms with Gasteiger partial charge in [-0.1, -0.05) is 114 Å². The molecule has 0 spiro atoms. The van der Waals surface area contributed by atoms with Crippen molar-refractivity contribution in [3.05, 3.63) is 156 Å². The van der Waals surface area contributed by atoms with Crippen molar-refractivity contribution in [3.8, 4) is 16.9 Å². The Morgan fingerprint density at radius 2 is 1.27 bits per heavy atom. The van der Waals surface area contributed by atoms with Gasteiger partial charge in [-0.05, 0) is 133 Å². The van der Waals surface area contributed by atoms with Gasteiger partial charge in [0.05, 0.1) is 16.7 Å². The Balaban J connectivity index is 1.31. The van der Waals surface area contributed by atoms with Gasteiger partial charge in [-0.3, -0.25) is 4.98 Å². The van der Waals surface area contributed by atoms with Gasteiger partial charge in [-0.15, -0.1) is 0 Å². The van der Waals surface area contributed by atoms with Gasteiger partial charge in [0.25, 0.3) is 6.71 Å². The summed E-state index contributed by atoms with van der Waals surface area (Å²) in [5.74, 6) is 0. The number of rotatable bonds is 2. The molecule has 0 fully saturated rings. The van der Waals surface area contributed by atoms with Crippen LogP contribution in [0.1, 0.15) is 58.2 Å². The maximum Gasteiger partial charge on any atom is 0.252 e. The summed E-state index contributed by atoms with van der Waals surface area (Å²) in [5, 5.41) is 7.71. The number of hydrogen-bond donors (Lipinski definition) is 0. The molecule has 0 amide bonds. The molecule has 0 saturated heterocycles. The normalized spacial score (nSPS) is 13.6. The zero-order valence-corrected chi connectivity index (χ0v) is 33.2. The Hall–Kier alpha value is -6.13. The van der Waals surface area contributed by atoms with E-state index in [1.807, 2.05) is 12.3 Å². The van der Waals surface area contributed by atoms with Crippen molar-refractivity contribution in [1.82, 2.24) is 9.55 Å². The molecule has 0 aliphatic carbocycles. The molecular weight excluding hydrogens is 677 g/mol. The van der Waals surface area contributed by atoms with E-state index in [-0.39, 0.29) is 17.5 Å². The minimum atomic E-state index is -0.00629. The fourth-order valence-corrected chi connectivity index (χ4v) is 9.71. The van der Waals surface area contributed by atoms with Crippen LogP contribution in [0.3, 0.4) is 0 Å². The number of pyridine rings is 1. The van der Waals surface area contributed by atoms with E-state index in [1.165, 1.54) is 99.2 Å². The molecule has 11 rings (SSSR count). The fraction of sp³-hybridized carbons (Fsp3) is 0.173. The smallest absolute Gasteiger partial charge is 0.252 e. The summed E-state index contributed by atoms with van der Waals surface area (Å²) in [6, 6.07) is 50.8. The van der Waals surface area contributed by atoms with Gasteiger partial charge in [-0.2, -0.15) is 0 Å². The molecule has 0 unspecified atom stereocenters. The van der Waals surface area contributed by atoms with Crippen LogP contribution in [0.25, 0.3) is 60.3 Å². The van der Waals surface area contributed by atoms with Crippen molar-refractivity contribution in [2.24, 2.45) is 0 Å². The third-order valence-electron chi connectivity index (χ3n) is 12.5. The summed E-state index contributed by atoms with van der Waals surface area (Å²) in [6.45, 7) is 16.2. The molecule has 0 bridgehead atoms. The van der Waals surface area contributed by atoms with E-state index in [0.29, 0.717) is 0 Å². The van der Waals surface area contributed by atoms with Gasteiger partial charge < -0.3 is 9.47 Å². The lowest BCUT2D eigenvalue weighted by Gasteiger charge is -2.41. The molecule has 270 valence electrons. The molecule has 4 heteroatoms. The van der Waals surface area contributed by atoms with Crippen LogP contribution in [0.5, 0.6) is 0 Å². The highest BCUT2D eigenvalue weighted by atomic mass is 15.2. The number of aryl methyl sites for hydroxylation is 1. The van der Waals surface area contributed by atoms with Crippen LogP contribution >= 0.6 is 0 Å².